The van der Waals surface area contributed by atoms with Gasteiger partial charge in [-0.05, 0) is 18.8 Å². The number of halogens is 1. The van der Waals surface area contributed by atoms with Crippen molar-refractivity contribution in [3.8, 4) is 0 Å². The average molecular weight is 249 g/mol. The average Bonchev–Trinajstić information content (AvgIpc) is 2.16. The number of nitrogens with one attached hydrogen (secondary N) is 1. The van der Waals surface area contributed by atoms with Crippen LogP contribution < -0.4 is 11.1 Å². The van der Waals surface area contributed by atoms with Crippen LogP contribution in [0.4, 0.5) is 0 Å². The largest absolute Gasteiger partial charge is 0.356 e. The van der Waals surface area contributed by atoms with E-state index in [1.54, 1.807) is 0 Å². The van der Waals surface area contributed by atoms with E-state index in [4.69, 9.17) is 5.73 Å². The molecule has 0 aliphatic heterocycles. The van der Waals surface area contributed by atoms with Gasteiger partial charge in [0.25, 0.3) is 0 Å². The van der Waals surface area contributed by atoms with Crippen LogP contribution in [-0.4, -0.2) is 19.0 Å². The summed E-state index contributed by atoms with van der Waals surface area (Å²) in [5.41, 5.74) is 5.32. The topological polar surface area (TPSA) is 55.1 Å². The number of rotatable bonds is 4. The minimum atomic E-state index is 0. The van der Waals surface area contributed by atoms with Gasteiger partial charge in [0.1, 0.15) is 0 Å². The Bertz CT molecular complexity index is 180. The SMILES string of the molecule is Cl.NCCC(=O)NCC1CCCCCCC1. The first-order valence-corrected chi connectivity index (χ1v) is 6.29. The highest BCUT2D eigenvalue weighted by Gasteiger charge is 2.11. The fourth-order valence-corrected chi connectivity index (χ4v) is 2.22. The normalized spacial score (nSPS) is 18.1. The molecular weight excluding hydrogens is 224 g/mol. The number of carbonyl (C=O) groups is 1. The predicted octanol–water partition coefficient (Wildman–Crippen LogP) is 2.23. The minimum absolute atomic E-state index is 0. The van der Waals surface area contributed by atoms with E-state index in [1.165, 1.54) is 44.9 Å². The molecule has 3 nitrogen and oxygen atoms in total. The summed E-state index contributed by atoms with van der Waals surface area (Å²) in [4.78, 5) is 11.2. The summed E-state index contributed by atoms with van der Waals surface area (Å²) >= 11 is 0. The van der Waals surface area contributed by atoms with Gasteiger partial charge in [0.15, 0.2) is 0 Å². The van der Waals surface area contributed by atoms with E-state index in [1.807, 2.05) is 0 Å². The number of hydrogen-bond acceptors (Lipinski definition) is 2. The minimum Gasteiger partial charge on any atom is -0.356 e. The lowest BCUT2D eigenvalue weighted by Crippen LogP contribution is -2.30. The summed E-state index contributed by atoms with van der Waals surface area (Å²) in [6.45, 7) is 1.31. The molecule has 4 heteroatoms. The molecule has 0 aromatic rings. The molecule has 16 heavy (non-hydrogen) atoms. The second-order valence-electron chi connectivity index (χ2n) is 4.55. The van der Waals surface area contributed by atoms with E-state index < -0.39 is 0 Å². The molecule has 96 valence electrons. The number of nitrogens with two attached hydrogens (primary N) is 1. The van der Waals surface area contributed by atoms with Gasteiger partial charge >= 0.3 is 0 Å². The lowest BCUT2D eigenvalue weighted by Gasteiger charge is -2.19. The van der Waals surface area contributed by atoms with E-state index >= 15 is 0 Å². The first-order valence-electron chi connectivity index (χ1n) is 6.29. The Labute approximate surface area is 105 Å². The summed E-state index contributed by atoms with van der Waals surface area (Å²) in [5, 5.41) is 2.98. The molecule has 0 unspecified atom stereocenters. The van der Waals surface area contributed by atoms with Crippen LogP contribution in [0.2, 0.25) is 0 Å². The summed E-state index contributed by atoms with van der Waals surface area (Å²) in [7, 11) is 0. The molecule has 0 radical (unpaired) electrons. The first-order chi connectivity index (χ1) is 7.33. The standard InChI is InChI=1S/C12H24N2O.ClH/c13-9-8-12(15)14-10-11-6-4-2-1-3-5-7-11;/h11H,1-10,13H2,(H,14,15);1H. The van der Waals surface area contributed by atoms with Crippen LogP contribution in [0, 0.1) is 5.92 Å². The van der Waals surface area contributed by atoms with Crippen molar-refractivity contribution >= 4 is 18.3 Å². The monoisotopic (exact) mass is 248 g/mol. The molecule has 1 aliphatic carbocycles. The van der Waals surface area contributed by atoms with Crippen LogP contribution in [0.25, 0.3) is 0 Å². The highest BCUT2D eigenvalue weighted by Crippen LogP contribution is 2.21. The summed E-state index contributed by atoms with van der Waals surface area (Å²) < 4.78 is 0. The van der Waals surface area contributed by atoms with Gasteiger partial charge in [-0.15, -0.1) is 12.4 Å². The van der Waals surface area contributed by atoms with Gasteiger partial charge in [0, 0.05) is 19.5 Å². The van der Waals surface area contributed by atoms with Crippen LogP contribution in [-0.2, 0) is 4.79 Å². The van der Waals surface area contributed by atoms with Gasteiger partial charge < -0.3 is 11.1 Å². The van der Waals surface area contributed by atoms with Gasteiger partial charge in [0.05, 0.1) is 0 Å². The Morgan fingerprint density at radius 1 is 1.12 bits per heavy atom. The molecule has 0 aromatic carbocycles. The number of hydrogen-bond donors (Lipinski definition) is 2. The molecule has 3 N–H and O–H groups in total. The zero-order chi connectivity index (χ0) is 10.9. The molecule has 1 rings (SSSR count). The molecule has 0 bridgehead atoms. The van der Waals surface area contributed by atoms with Gasteiger partial charge in [0.2, 0.25) is 5.91 Å². The third-order valence-corrected chi connectivity index (χ3v) is 3.18. The van der Waals surface area contributed by atoms with Gasteiger partial charge in [-0.2, -0.15) is 0 Å². The van der Waals surface area contributed by atoms with Gasteiger partial charge in [-0.25, -0.2) is 0 Å². The van der Waals surface area contributed by atoms with E-state index in [2.05, 4.69) is 5.32 Å². The molecule has 1 fully saturated rings. The maximum atomic E-state index is 11.2. The van der Waals surface area contributed by atoms with E-state index in [9.17, 15) is 4.79 Å². The lowest BCUT2D eigenvalue weighted by atomic mass is 9.91. The Morgan fingerprint density at radius 3 is 2.25 bits per heavy atom. The molecule has 0 heterocycles. The van der Waals surface area contributed by atoms with Crippen molar-refractivity contribution in [2.75, 3.05) is 13.1 Å². The maximum absolute atomic E-state index is 11.2. The van der Waals surface area contributed by atoms with Crippen LogP contribution in [0.15, 0.2) is 0 Å². The van der Waals surface area contributed by atoms with E-state index in [0.717, 1.165) is 6.54 Å². The van der Waals surface area contributed by atoms with Crippen LogP contribution in [0.1, 0.15) is 51.4 Å². The van der Waals surface area contributed by atoms with Crippen molar-refractivity contribution in [3.05, 3.63) is 0 Å². The molecule has 1 amide bonds. The predicted molar refractivity (Wildman–Crippen MR) is 69.7 cm³/mol. The quantitative estimate of drug-likeness (QED) is 0.802. The fourth-order valence-electron chi connectivity index (χ4n) is 2.22. The van der Waals surface area contributed by atoms with Crippen molar-refractivity contribution in [1.29, 1.82) is 0 Å². The zero-order valence-corrected chi connectivity index (χ0v) is 10.9. The van der Waals surface area contributed by atoms with E-state index in [-0.39, 0.29) is 18.3 Å². The Hall–Kier alpha value is -0.280. The highest BCUT2D eigenvalue weighted by molar-refractivity contribution is 5.85. The molecule has 0 aromatic heterocycles. The second-order valence-corrected chi connectivity index (χ2v) is 4.55. The van der Waals surface area contributed by atoms with Crippen molar-refractivity contribution in [2.45, 2.75) is 51.4 Å². The summed E-state index contributed by atoms with van der Waals surface area (Å²) in [6.07, 6.45) is 9.82. The van der Waals surface area contributed by atoms with Crippen LogP contribution in [0.3, 0.4) is 0 Å². The van der Waals surface area contributed by atoms with Crippen LogP contribution in [0.5, 0.6) is 0 Å². The van der Waals surface area contributed by atoms with Crippen molar-refractivity contribution in [1.82, 2.24) is 5.32 Å². The molecule has 0 saturated heterocycles. The fraction of sp³-hybridized carbons (Fsp3) is 0.917. The Kier molecular flexibility index (Phi) is 9.74. The van der Waals surface area contributed by atoms with Crippen molar-refractivity contribution in [3.63, 3.8) is 0 Å². The molecular formula is C12H25ClN2O. The Morgan fingerprint density at radius 2 is 1.69 bits per heavy atom. The number of amides is 1. The van der Waals surface area contributed by atoms with Gasteiger partial charge in [-0.1, -0.05) is 32.1 Å². The molecule has 0 spiro atoms. The molecule has 1 saturated carbocycles. The highest BCUT2D eigenvalue weighted by atomic mass is 35.5. The number of carbonyl (C=O) groups excluding carboxylic acids is 1. The zero-order valence-electron chi connectivity index (χ0n) is 10.0. The maximum Gasteiger partial charge on any atom is 0.221 e. The first kappa shape index (κ1) is 15.7. The van der Waals surface area contributed by atoms with Gasteiger partial charge in [-0.3, -0.25) is 4.79 Å². The third-order valence-electron chi connectivity index (χ3n) is 3.18. The van der Waals surface area contributed by atoms with Crippen LogP contribution >= 0.6 is 12.4 Å². The van der Waals surface area contributed by atoms with Crippen molar-refractivity contribution in [2.24, 2.45) is 11.7 Å². The lowest BCUT2D eigenvalue weighted by molar-refractivity contribution is -0.121. The molecule has 1 aliphatic rings. The van der Waals surface area contributed by atoms with E-state index in [0.29, 0.717) is 18.9 Å². The summed E-state index contributed by atoms with van der Waals surface area (Å²) in [5.74, 6) is 0.812. The van der Waals surface area contributed by atoms with Crippen molar-refractivity contribution < 1.29 is 4.79 Å². The molecule has 0 atom stereocenters. The Balaban J connectivity index is 0.00000225. The second kappa shape index (κ2) is 9.91. The summed E-state index contributed by atoms with van der Waals surface area (Å²) in [6, 6.07) is 0. The third kappa shape index (κ3) is 7.07. The smallest absolute Gasteiger partial charge is 0.221 e.